The van der Waals surface area contributed by atoms with Crippen molar-refractivity contribution < 1.29 is 13.9 Å². The number of aryl methyl sites for hydroxylation is 1. The van der Waals surface area contributed by atoms with E-state index in [-0.39, 0.29) is 5.78 Å². The lowest BCUT2D eigenvalue weighted by molar-refractivity contribution is 0.103. The lowest BCUT2D eigenvalue weighted by atomic mass is 9.98. The highest BCUT2D eigenvalue weighted by Gasteiger charge is 2.23. The molecule has 2 nitrogen and oxygen atoms in total. The van der Waals surface area contributed by atoms with E-state index in [2.05, 4.69) is 0 Å². The first-order valence-electron chi connectivity index (χ1n) is 6.32. The summed E-state index contributed by atoms with van der Waals surface area (Å²) in [5.74, 6) is -0.123. The molecule has 0 bridgehead atoms. The molecule has 1 aliphatic heterocycles. The fourth-order valence-electron chi connectivity index (χ4n) is 2.46. The molecule has 0 saturated carbocycles. The van der Waals surface area contributed by atoms with Crippen molar-refractivity contribution in [2.24, 2.45) is 0 Å². The van der Waals surface area contributed by atoms with Crippen LogP contribution in [0.5, 0.6) is 5.75 Å². The molecule has 1 aliphatic rings. The third-order valence-electron chi connectivity index (χ3n) is 3.30. The first-order valence-corrected chi connectivity index (χ1v) is 6.69. The second-order valence-electron chi connectivity index (χ2n) is 4.89. The molecule has 0 fully saturated rings. The Hall–Kier alpha value is -1.87. The maximum absolute atomic E-state index is 13.4. The second kappa shape index (κ2) is 4.91. The SMILES string of the molecule is Cc1cc(F)cc(C(=O)c2cc(Cl)cc3c2OCC3)c1. The van der Waals surface area contributed by atoms with Crippen LogP contribution in [-0.2, 0) is 6.42 Å². The van der Waals surface area contributed by atoms with Crippen molar-refractivity contribution in [2.45, 2.75) is 13.3 Å². The number of carbonyl (C=O) groups is 1. The van der Waals surface area contributed by atoms with Crippen LogP contribution in [0.15, 0.2) is 30.3 Å². The van der Waals surface area contributed by atoms with Crippen molar-refractivity contribution >= 4 is 17.4 Å². The molecule has 1 heterocycles. The van der Waals surface area contributed by atoms with E-state index in [1.165, 1.54) is 12.1 Å². The lowest BCUT2D eigenvalue weighted by Gasteiger charge is -2.09. The van der Waals surface area contributed by atoms with E-state index in [4.69, 9.17) is 16.3 Å². The van der Waals surface area contributed by atoms with Gasteiger partial charge in [-0.15, -0.1) is 0 Å². The first-order chi connectivity index (χ1) is 9.54. The topological polar surface area (TPSA) is 26.3 Å². The van der Waals surface area contributed by atoms with Crippen molar-refractivity contribution in [3.63, 3.8) is 0 Å². The predicted molar refractivity (Wildman–Crippen MR) is 75.2 cm³/mol. The van der Waals surface area contributed by atoms with Crippen molar-refractivity contribution in [1.29, 1.82) is 0 Å². The Morgan fingerprint density at radius 3 is 2.80 bits per heavy atom. The number of ketones is 1. The van der Waals surface area contributed by atoms with Gasteiger partial charge in [-0.1, -0.05) is 11.6 Å². The van der Waals surface area contributed by atoms with E-state index < -0.39 is 5.82 Å². The third-order valence-corrected chi connectivity index (χ3v) is 3.52. The average Bonchev–Trinajstić information content (AvgIpc) is 2.83. The molecule has 2 aromatic carbocycles. The minimum atomic E-state index is -0.423. The van der Waals surface area contributed by atoms with Crippen LogP contribution in [0.4, 0.5) is 4.39 Å². The van der Waals surface area contributed by atoms with Gasteiger partial charge in [-0.2, -0.15) is 0 Å². The van der Waals surface area contributed by atoms with Gasteiger partial charge in [0.1, 0.15) is 11.6 Å². The Balaban J connectivity index is 2.11. The standard InChI is InChI=1S/C16H12ClFO2/c1-9-4-11(7-13(18)5-9)15(19)14-8-12(17)6-10-2-3-20-16(10)14/h4-8H,2-3H2,1H3. The van der Waals surface area contributed by atoms with Crippen LogP contribution in [0.1, 0.15) is 27.0 Å². The summed E-state index contributed by atoms with van der Waals surface area (Å²) in [5, 5.41) is 0.491. The van der Waals surface area contributed by atoms with Gasteiger partial charge >= 0.3 is 0 Å². The van der Waals surface area contributed by atoms with Crippen molar-refractivity contribution in [3.05, 3.63) is 63.4 Å². The summed E-state index contributed by atoms with van der Waals surface area (Å²) in [6, 6.07) is 7.66. The van der Waals surface area contributed by atoms with Crippen molar-refractivity contribution in [1.82, 2.24) is 0 Å². The molecular weight excluding hydrogens is 279 g/mol. The second-order valence-corrected chi connectivity index (χ2v) is 5.32. The number of rotatable bonds is 2. The molecule has 0 aliphatic carbocycles. The van der Waals surface area contributed by atoms with Gasteiger partial charge in [0.25, 0.3) is 0 Å². The maximum atomic E-state index is 13.4. The van der Waals surface area contributed by atoms with E-state index in [0.717, 1.165) is 12.0 Å². The van der Waals surface area contributed by atoms with E-state index in [0.29, 0.717) is 34.1 Å². The summed E-state index contributed by atoms with van der Waals surface area (Å²) in [4.78, 5) is 12.6. The van der Waals surface area contributed by atoms with Crippen molar-refractivity contribution in [3.8, 4) is 5.75 Å². The highest BCUT2D eigenvalue weighted by atomic mass is 35.5. The Bertz CT molecular complexity index is 690. The number of halogens is 2. The fourth-order valence-corrected chi connectivity index (χ4v) is 2.70. The lowest BCUT2D eigenvalue weighted by Crippen LogP contribution is -2.05. The molecule has 0 aromatic heterocycles. The van der Waals surface area contributed by atoms with Crippen LogP contribution in [0.3, 0.4) is 0 Å². The molecule has 3 rings (SSSR count). The molecule has 0 spiro atoms. The van der Waals surface area contributed by atoms with Crippen LogP contribution in [-0.4, -0.2) is 12.4 Å². The zero-order valence-electron chi connectivity index (χ0n) is 10.9. The molecule has 0 saturated heterocycles. The molecule has 4 heteroatoms. The van der Waals surface area contributed by atoms with E-state index in [9.17, 15) is 9.18 Å². The number of carbonyl (C=O) groups excluding carboxylic acids is 1. The molecule has 0 N–H and O–H groups in total. The average molecular weight is 291 g/mol. The molecule has 0 amide bonds. The van der Waals surface area contributed by atoms with Gasteiger partial charge in [0.2, 0.25) is 0 Å². The summed E-state index contributed by atoms with van der Waals surface area (Å²) < 4.78 is 19.0. The summed E-state index contributed by atoms with van der Waals surface area (Å²) in [6.07, 6.45) is 0.734. The summed E-state index contributed by atoms with van der Waals surface area (Å²) in [6.45, 7) is 2.29. The van der Waals surface area contributed by atoms with Gasteiger partial charge in [-0.05, 0) is 48.4 Å². The number of hydrogen-bond donors (Lipinski definition) is 0. The Morgan fingerprint density at radius 1 is 1.25 bits per heavy atom. The Labute approximate surface area is 121 Å². The fraction of sp³-hybridized carbons (Fsp3) is 0.188. The number of fused-ring (bicyclic) bond motifs is 1. The van der Waals surface area contributed by atoms with Gasteiger partial charge in [0.05, 0.1) is 12.2 Å². The molecule has 0 atom stereocenters. The van der Waals surface area contributed by atoms with Crippen LogP contribution in [0, 0.1) is 12.7 Å². The predicted octanol–water partition coefficient (Wildman–Crippen LogP) is 3.95. The van der Waals surface area contributed by atoms with Crippen LogP contribution in [0.2, 0.25) is 5.02 Å². The van der Waals surface area contributed by atoms with Gasteiger partial charge in [-0.3, -0.25) is 4.79 Å². The van der Waals surface area contributed by atoms with Crippen LogP contribution < -0.4 is 4.74 Å². The Kier molecular flexibility index (Phi) is 3.22. The zero-order chi connectivity index (χ0) is 14.3. The highest BCUT2D eigenvalue weighted by molar-refractivity contribution is 6.31. The summed E-state index contributed by atoms with van der Waals surface area (Å²) in [7, 11) is 0. The van der Waals surface area contributed by atoms with Gasteiger partial charge in [0.15, 0.2) is 5.78 Å². The van der Waals surface area contributed by atoms with Crippen molar-refractivity contribution in [2.75, 3.05) is 6.61 Å². The number of benzene rings is 2. The minimum Gasteiger partial charge on any atom is -0.492 e. The van der Waals surface area contributed by atoms with Gasteiger partial charge in [0, 0.05) is 17.0 Å². The normalized spacial score (nSPS) is 12.9. The largest absolute Gasteiger partial charge is 0.492 e. The van der Waals surface area contributed by atoms with E-state index in [1.807, 2.05) is 0 Å². The molecule has 102 valence electrons. The molecule has 0 unspecified atom stereocenters. The number of ether oxygens (including phenoxy) is 1. The van der Waals surface area contributed by atoms with Gasteiger partial charge < -0.3 is 4.74 Å². The molecule has 2 aromatic rings. The first kappa shape index (κ1) is 13.1. The smallest absolute Gasteiger partial charge is 0.196 e. The summed E-state index contributed by atoms with van der Waals surface area (Å²) in [5.41, 5.74) is 2.33. The highest BCUT2D eigenvalue weighted by Crippen LogP contribution is 2.34. The quantitative estimate of drug-likeness (QED) is 0.783. The Morgan fingerprint density at radius 2 is 2.05 bits per heavy atom. The van der Waals surface area contributed by atoms with Crippen LogP contribution >= 0.6 is 11.6 Å². The van der Waals surface area contributed by atoms with E-state index in [1.54, 1.807) is 25.1 Å². The third kappa shape index (κ3) is 2.29. The molecule has 20 heavy (non-hydrogen) atoms. The molecule has 0 radical (unpaired) electrons. The zero-order valence-corrected chi connectivity index (χ0v) is 11.6. The van der Waals surface area contributed by atoms with Crippen LogP contribution in [0.25, 0.3) is 0 Å². The number of hydrogen-bond acceptors (Lipinski definition) is 2. The molecular formula is C16H12ClFO2. The monoisotopic (exact) mass is 290 g/mol. The summed E-state index contributed by atoms with van der Waals surface area (Å²) >= 11 is 6.04. The van der Waals surface area contributed by atoms with E-state index >= 15 is 0 Å². The minimum absolute atomic E-state index is 0.270. The van der Waals surface area contributed by atoms with Gasteiger partial charge in [-0.25, -0.2) is 4.39 Å². The maximum Gasteiger partial charge on any atom is 0.196 e.